The van der Waals surface area contributed by atoms with Crippen molar-refractivity contribution in [1.82, 2.24) is 9.88 Å². The van der Waals surface area contributed by atoms with E-state index < -0.39 is 0 Å². The third-order valence-electron chi connectivity index (χ3n) is 5.41. The zero-order valence-electron chi connectivity index (χ0n) is 17.8. The molecule has 1 aromatic heterocycles. The van der Waals surface area contributed by atoms with E-state index in [4.69, 9.17) is 17.0 Å². The Balaban J connectivity index is 1.84. The number of hydrogen-bond acceptors (Lipinski definition) is 7. The predicted molar refractivity (Wildman–Crippen MR) is 139 cm³/mol. The molecule has 3 aromatic rings. The Morgan fingerprint density at radius 1 is 1.09 bits per heavy atom. The topological polar surface area (TPSA) is 63.6 Å². The molecule has 1 saturated heterocycles. The van der Waals surface area contributed by atoms with Crippen molar-refractivity contribution < 1.29 is 9.53 Å². The van der Waals surface area contributed by atoms with Gasteiger partial charge >= 0.3 is 0 Å². The predicted octanol–water partition coefficient (Wildman–Crippen LogP) is 2.83. The van der Waals surface area contributed by atoms with Crippen molar-refractivity contribution in [2.75, 3.05) is 18.6 Å². The number of nitrogens with one attached hydrogen (secondary N) is 1. The summed E-state index contributed by atoms with van der Waals surface area (Å²) in [7, 11) is 1.64. The number of hydrogen-bond donors (Lipinski definition) is 1. The normalized spacial score (nSPS) is 18.4. The minimum absolute atomic E-state index is 0.171. The van der Waals surface area contributed by atoms with Gasteiger partial charge in [-0.3, -0.25) is 14.2 Å². The van der Waals surface area contributed by atoms with Gasteiger partial charge in [-0.05, 0) is 43.3 Å². The number of thiazole rings is 1. The summed E-state index contributed by atoms with van der Waals surface area (Å²) in [5, 5.41) is 2.66. The van der Waals surface area contributed by atoms with E-state index in [0.29, 0.717) is 30.7 Å². The molecule has 0 bridgehead atoms. The molecule has 9 heteroatoms. The maximum Gasteiger partial charge on any atom is 0.275 e. The maximum absolute atomic E-state index is 13.8. The van der Waals surface area contributed by atoms with Crippen LogP contribution < -0.4 is 29.7 Å². The fourth-order valence-electron chi connectivity index (χ4n) is 3.92. The van der Waals surface area contributed by atoms with E-state index in [0.717, 1.165) is 22.7 Å². The number of thiocarbonyl (C=S) groups is 1. The number of para-hydroxylation sites is 1. The third-order valence-corrected chi connectivity index (χ3v) is 7.93. The van der Waals surface area contributed by atoms with Crippen LogP contribution in [0.25, 0.3) is 22.4 Å². The lowest BCUT2D eigenvalue weighted by Gasteiger charge is -2.29. The number of amides is 1. The van der Waals surface area contributed by atoms with Crippen LogP contribution in [-0.4, -0.2) is 28.4 Å². The largest absolute Gasteiger partial charge is 0.497 e. The first-order valence-corrected chi connectivity index (χ1v) is 12.3. The van der Waals surface area contributed by atoms with E-state index in [1.165, 1.54) is 23.1 Å². The molecule has 166 valence electrons. The summed E-state index contributed by atoms with van der Waals surface area (Å²) in [6, 6.07) is 15.2. The van der Waals surface area contributed by atoms with Crippen LogP contribution in [0.1, 0.15) is 12.5 Å². The highest BCUT2D eigenvalue weighted by molar-refractivity contribution is 8.30. The van der Waals surface area contributed by atoms with Crippen molar-refractivity contribution >= 4 is 67.9 Å². The maximum atomic E-state index is 13.8. The Bertz CT molecular complexity index is 1500. The van der Waals surface area contributed by atoms with E-state index in [1.807, 2.05) is 67.6 Å². The van der Waals surface area contributed by atoms with Crippen molar-refractivity contribution in [3.05, 3.63) is 79.7 Å². The SMILES string of the molecule is CCN1C(=c2sc(=C3SC(=S)NC3=O)n(-c3ccccc3)c2=O)C=Cc2cc(OC)ccc21. The molecule has 2 aromatic carbocycles. The molecule has 0 atom stereocenters. The Morgan fingerprint density at radius 2 is 1.88 bits per heavy atom. The van der Waals surface area contributed by atoms with Crippen LogP contribution >= 0.6 is 35.3 Å². The monoisotopic (exact) mass is 493 g/mol. The quantitative estimate of drug-likeness (QED) is 0.567. The van der Waals surface area contributed by atoms with Gasteiger partial charge in [0, 0.05) is 17.8 Å². The zero-order valence-corrected chi connectivity index (χ0v) is 20.3. The molecule has 0 aliphatic carbocycles. The lowest BCUT2D eigenvalue weighted by molar-refractivity contribution is -0.113. The van der Waals surface area contributed by atoms with Gasteiger partial charge in [0.2, 0.25) is 0 Å². The molecule has 1 amide bonds. The molecule has 1 N–H and O–H groups in total. The summed E-state index contributed by atoms with van der Waals surface area (Å²) in [5.41, 5.74) is 3.35. The second-order valence-corrected chi connectivity index (χ2v) is 9.96. The van der Waals surface area contributed by atoms with Crippen molar-refractivity contribution in [3.8, 4) is 11.4 Å². The van der Waals surface area contributed by atoms with Gasteiger partial charge in [-0.25, -0.2) is 0 Å². The fraction of sp³-hybridized carbons (Fsp3) is 0.125. The van der Waals surface area contributed by atoms with Gasteiger partial charge in [0.25, 0.3) is 11.5 Å². The molecule has 2 aliphatic heterocycles. The lowest BCUT2D eigenvalue weighted by atomic mass is 10.1. The first-order valence-electron chi connectivity index (χ1n) is 10.2. The number of nitrogens with zero attached hydrogens (tertiary/aromatic N) is 2. The Morgan fingerprint density at radius 3 is 2.55 bits per heavy atom. The van der Waals surface area contributed by atoms with Crippen molar-refractivity contribution in [2.24, 2.45) is 0 Å². The number of benzene rings is 2. The average Bonchev–Trinajstić information content (AvgIpc) is 3.35. The second kappa shape index (κ2) is 8.66. The third kappa shape index (κ3) is 3.72. The van der Waals surface area contributed by atoms with Gasteiger partial charge in [-0.2, -0.15) is 0 Å². The van der Waals surface area contributed by atoms with Gasteiger partial charge in [-0.15, -0.1) is 11.3 Å². The number of aromatic nitrogens is 1. The number of fused-ring (bicyclic) bond motifs is 1. The molecule has 0 spiro atoms. The number of likely N-dealkylation sites (N-methyl/N-ethyl adjacent to an activating group) is 1. The highest BCUT2D eigenvalue weighted by atomic mass is 32.2. The van der Waals surface area contributed by atoms with Gasteiger partial charge < -0.3 is 15.0 Å². The van der Waals surface area contributed by atoms with Gasteiger partial charge in [0.1, 0.15) is 24.2 Å². The first-order chi connectivity index (χ1) is 16.0. The number of rotatable bonds is 3. The van der Waals surface area contributed by atoms with Crippen molar-refractivity contribution in [2.45, 2.75) is 6.92 Å². The highest BCUT2D eigenvalue weighted by Crippen LogP contribution is 2.33. The number of anilines is 1. The summed E-state index contributed by atoms with van der Waals surface area (Å²) < 4.78 is 8.49. The van der Waals surface area contributed by atoms with Crippen LogP contribution in [-0.2, 0) is 4.79 Å². The van der Waals surface area contributed by atoms with Crippen LogP contribution in [0.4, 0.5) is 5.69 Å². The van der Waals surface area contributed by atoms with Crippen LogP contribution in [0.3, 0.4) is 0 Å². The first kappa shape index (κ1) is 21.7. The Labute approximate surface area is 203 Å². The summed E-state index contributed by atoms with van der Waals surface area (Å²) in [6.45, 7) is 2.72. The number of methoxy groups -OCH3 is 1. The molecule has 3 heterocycles. The summed E-state index contributed by atoms with van der Waals surface area (Å²) >= 11 is 7.69. The minimum atomic E-state index is -0.281. The summed E-state index contributed by atoms with van der Waals surface area (Å²) in [4.78, 5) is 28.9. The van der Waals surface area contributed by atoms with E-state index in [-0.39, 0.29) is 11.5 Å². The van der Waals surface area contributed by atoms with Crippen LogP contribution in [0.2, 0.25) is 0 Å². The lowest BCUT2D eigenvalue weighted by Crippen LogP contribution is -2.36. The molecule has 5 rings (SSSR count). The molecule has 0 radical (unpaired) electrons. The molecule has 6 nitrogen and oxygen atoms in total. The van der Waals surface area contributed by atoms with Crippen LogP contribution in [0.15, 0.2) is 59.4 Å². The van der Waals surface area contributed by atoms with E-state index >= 15 is 0 Å². The number of carbonyl (C=O) groups excluding carboxylic acids is 1. The molecule has 0 unspecified atom stereocenters. The second-order valence-electron chi connectivity index (χ2n) is 7.27. The molecule has 1 fully saturated rings. The summed E-state index contributed by atoms with van der Waals surface area (Å²) in [6.07, 6.45) is 3.94. The number of ether oxygens (including phenoxy) is 1. The molecule has 0 saturated carbocycles. The van der Waals surface area contributed by atoms with Gasteiger partial charge in [0.15, 0.2) is 0 Å². The van der Waals surface area contributed by atoms with E-state index in [9.17, 15) is 9.59 Å². The molecular weight excluding hydrogens is 474 g/mol. The number of thioether (sulfide) groups is 1. The van der Waals surface area contributed by atoms with Gasteiger partial charge in [0.05, 0.1) is 18.5 Å². The Hall–Kier alpha value is -3.14. The smallest absolute Gasteiger partial charge is 0.275 e. The van der Waals surface area contributed by atoms with E-state index in [1.54, 1.807) is 11.7 Å². The molecule has 33 heavy (non-hydrogen) atoms. The number of carbonyl (C=O) groups is 1. The highest BCUT2D eigenvalue weighted by Gasteiger charge is 2.27. The zero-order chi connectivity index (χ0) is 23.1. The van der Waals surface area contributed by atoms with Crippen molar-refractivity contribution in [1.29, 1.82) is 0 Å². The van der Waals surface area contributed by atoms with Crippen LogP contribution in [0, 0.1) is 0 Å². The minimum Gasteiger partial charge on any atom is -0.497 e. The summed E-state index contributed by atoms with van der Waals surface area (Å²) in [5.74, 6) is 0.496. The Kier molecular flexibility index (Phi) is 5.69. The van der Waals surface area contributed by atoms with E-state index in [2.05, 4.69) is 10.2 Å². The van der Waals surface area contributed by atoms with Gasteiger partial charge in [-0.1, -0.05) is 48.3 Å². The molecule has 2 aliphatic rings. The standard InChI is InChI=1S/C24H19N3O3S3/c1-3-26-17-12-10-16(30-2)13-14(17)9-11-18(26)19-22(29)27(15-7-5-4-6-8-15)23(32-19)20-21(28)25-24(31)33-20/h4-13H,3H2,1-2H3,(H,25,28,31). The average molecular weight is 494 g/mol. The molecular formula is C24H19N3O3S3. The van der Waals surface area contributed by atoms with Crippen LogP contribution in [0.5, 0.6) is 5.75 Å². The fourth-order valence-corrected chi connectivity index (χ4v) is 6.29. The van der Waals surface area contributed by atoms with Crippen molar-refractivity contribution in [3.63, 3.8) is 0 Å².